The van der Waals surface area contributed by atoms with Gasteiger partial charge >= 0.3 is 18.4 Å². The van der Waals surface area contributed by atoms with Crippen LogP contribution in [-0.2, 0) is 4.79 Å². The lowest BCUT2D eigenvalue weighted by Crippen LogP contribution is -2.74. The van der Waals surface area contributed by atoms with Crippen molar-refractivity contribution in [1.29, 1.82) is 0 Å². The van der Waals surface area contributed by atoms with Crippen molar-refractivity contribution in [1.82, 2.24) is 5.32 Å². The minimum atomic E-state index is -5.96. The van der Waals surface area contributed by atoms with Gasteiger partial charge in [-0.3, -0.25) is 9.69 Å². The molecule has 2 amide bonds. The van der Waals surface area contributed by atoms with E-state index in [0.717, 1.165) is 15.8 Å². The molecule has 0 atom stereocenters. The standard InChI is InChI=1S/C19H18F6N2O2/c1-10-4-6-11(7-5-10)27-12-8-16(2,3)9-13(28)14(12)17(18(20,21)22,19(23,24)25)26-15(27)29/h4-7H,8-9H2,1-3H3,(H,26,29). The minimum Gasteiger partial charge on any atom is -0.312 e. The zero-order chi connectivity index (χ0) is 22.0. The van der Waals surface area contributed by atoms with E-state index in [9.17, 15) is 35.9 Å². The van der Waals surface area contributed by atoms with Gasteiger partial charge in [0.25, 0.3) is 5.54 Å². The van der Waals surface area contributed by atoms with Crippen molar-refractivity contribution in [3.63, 3.8) is 0 Å². The van der Waals surface area contributed by atoms with Gasteiger partial charge in [-0.1, -0.05) is 31.5 Å². The van der Waals surface area contributed by atoms with Crippen LogP contribution in [0.4, 0.5) is 36.8 Å². The molecule has 2 aliphatic rings. The van der Waals surface area contributed by atoms with Crippen LogP contribution in [0.2, 0.25) is 0 Å². The SMILES string of the molecule is Cc1ccc(N2C(=O)NC(C(F)(F)F)(C(F)(F)F)C3=C2CC(C)(C)CC3=O)cc1. The highest BCUT2D eigenvalue weighted by Crippen LogP contribution is 2.55. The highest BCUT2D eigenvalue weighted by atomic mass is 19.4. The maximum atomic E-state index is 13.8. The maximum Gasteiger partial charge on any atom is 0.425 e. The van der Waals surface area contributed by atoms with Gasteiger partial charge in [-0.15, -0.1) is 0 Å². The Bertz CT molecular complexity index is 883. The summed E-state index contributed by atoms with van der Waals surface area (Å²) in [6, 6.07) is 4.34. The van der Waals surface area contributed by atoms with Gasteiger partial charge in [0.1, 0.15) is 0 Å². The van der Waals surface area contributed by atoms with Gasteiger partial charge in [0.05, 0.1) is 11.3 Å². The third kappa shape index (κ3) is 3.18. The fraction of sp³-hybridized carbons (Fsp3) is 0.474. The number of aryl methyl sites for hydroxylation is 1. The molecule has 0 spiro atoms. The number of benzene rings is 1. The lowest BCUT2D eigenvalue weighted by molar-refractivity contribution is -0.291. The second-order valence-corrected chi connectivity index (χ2v) is 8.11. The molecule has 0 aromatic heterocycles. The van der Waals surface area contributed by atoms with Crippen LogP contribution < -0.4 is 10.2 Å². The summed E-state index contributed by atoms with van der Waals surface area (Å²) in [5.41, 5.74) is -6.85. The highest BCUT2D eigenvalue weighted by Gasteiger charge is 2.77. The summed E-state index contributed by atoms with van der Waals surface area (Å²) < 4.78 is 83.1. The molecule has 0 radical (unpaired) electrons. The summed E-state index contributed by atoms with van der Waals surface area (Å²) in [5, 5.41) is 1.09. The van der Waals surface area contributed by atoms with Crippen LogP contribution in [0.25, 0.3) is 0 Å². The van der Waals surface area contributed by atoms with E-state index >= 15 is 0 Å². The first kappa shape index (κ1) is 21.2. The lowest BCUT2D eigenvalue weighted by atomic mass is 9.69. The molecule has 1 aliphatic heterocycles. The summed E-state index contributed by atoms with van der Waals surface area (Å²) in [6.07, 6.45) is -12.7. The number of allylic oxidation sites excluding steroid dienone is 1. The zero-order valence-corrected chi connectivity index (χ0v) is 15.8. The number of Topliss-reactive ketones (excluding diaryl/α,β-unsaturated/α-hetero) is 1. The van der Waals surface area contributed by atoms with Crippen molar-refractivity contribution in [3.8, 4) is 0 Å². The van der Waals surface area contributed by atoms with Crippen LogP contribution in [-0.4, -0.2) is 29.7 Å². The smallest absolute Gasteiger partial charge is 0.312 e. The van der Waals surface area contributed by atoms with E-state index in [-0.39, 0.29) is 12.1 Å². The van der Waals surface area contributed by atoms with Crippen molar-refractivity contribution in [3.05, 3.63) is 41.1 Å². The molecule has 10 heteroatoms. The van der Waals surface area contributed by atoms with E-state index in [0.29, 0.717) is 0 Å². The van der Waals surface area contributed by atoms with Gasteiger partial charge in [-0.25, -0.2) is 4.79 Å². The van der Waals surface area contributed by atoms with Crippen molar-refractivity contribution >= 4 is 17.5 Å². The summed E-state index contributed by atoms with van der Waals surface area (Å²) >= 11 is 0. The molecule has 1 aromatic rings. The fourth-order valence-corrected chi connectivity index (χ4v) is 3.86. The molecular formula is C19H18F6N2O2. The Hall–Kier alpha value is -2.52. The summed E-state index contributed by atoms with van der Waals surface area (Å²) in [4.78, 5) is 26.0. The van der Waals surface area contributed by atoms with Crippen LogP contribution in [0.3, 0.4) is 0 Å². The van der Waals surface area contributed by atoms with Gasteiger partial charge in [-0.05, 0) is 30.9 Å². The number of anilines is 1. The van der Waals surface area contributed by atoms with Gasteiger partial charge in [-0.2, -0.15) is 26.3 Å². The quantitative estimate of drug-likeness (QED) is 0.648. The Balaban J connectivity index is 2.38. The lowest BCUT2D eigenvalue weighted by Gasteiger charge is -2.49. The Morgan fingerprint density at radius 2 is 1.45 bits per heavy atom. The number of carbonyl (C=O) groups is 2. The number of urea groups is 1. The van der Waals surface area contributed by atoms with E-state index in [1.54, 1.807) is 32.9 Å². The Morgan fingerprint density at radius 3 is 1.93 bits per heavy atom. The first-order valence-electron chi connectivity index (χ1n) is 8.70. The molecule has 158 valence electrons. The Labute approximate surface area is 162 Å². The molecule has 0 saturated heterocycles. The summed E-state index contributed by atoms with van der Waals surface area (Å²) in [7, 11) is 0. The number of rotatable bonds is 1. The second kappa shape index (κ2) is 6.24. The number of carbonyl (C=O) groups excluding carboxylic acids is 2. The number of hydrogen-bond donors (Lipinski definition) is 1. The number of nitrogens with zero attached hydrogens (tertiary/aromatic N) is 1. The van der Waals surface area contributed by atoms with Crippen molar-refractivity contribution in [2.24, 2.45) is 5.41 Å². The van der Waals surface area contributed by atoms with E-state index in [1.165, 1.54) is 12.1 Å². The first-order chi connectivity index (χ1) is 13.1. The molecule has 1 aromatic carbocycles. The topological polar surface area (TPSA) is 49.4 Å². The summed E-state index contributed by atoms with van der Waals surface area (Å²) in [5.74, 6) is -1.29. The number of halogens is 6. The molecule has 1 aliphatic carbocycles. The van der Waals surface area contributed by atoms with Crippen molar-refractivity contribution < 1.29 is 35.9 Å². The number of amides is 2. The van der Waals surface area contributed by atoms with E-state index in [1.807, 2.05) is 0 Å². The normalized spacial score (nSPS) is 21.8. The van der Waals surface area contributed by atoms with Gasteiger partial charge in [0, 0.05) is 12.1 Å². The molecule has 0 bridgehead atoms. The predicted octanol–water partition coefficient (Wildman–Crippen LogP) is 5.03. The third-order valence-corrected chi connectivity index (χ3v) is 5.14. The second-order valence-electron chi connectivity index (χ2n) is 8.11. The fourth-order valence-electron chi connectivity index (χ4n) is 3.86. The number of hydrogen-bond acceptors (Lipinski definition) is 2. The molecule has 0 fully saturated rings. The molecule has 1 heterocycles. The molecule has 0 unspecified atom stereocenters. The molecule has 3 rings (SSSR count). The predicted molar refractivity (Wildman–Crippen MR) is 92.1 cm³/mol. The minimum absolute atomic E-state index is 0.0732. The number of ketones is 1. The average Bonchev–Trinajstić information content (AvgIpc) is 2.51. The van der Waals surface area contributed by atoms with E-state index in [2.05, 4.69) is 0 Å². The number of alkyl halides is 6. The first-order valence-corrected chi connectivity index (χ1v) is 8.70. The number of nitrogens with one attached hydrogen (secondary N) is 1. The monoisotopic (exact) mass is 420 g/mol. The Kier molecular flexibility index (Phi) is 4.56. The molecule has 1 N–H and O–H groups in total. The third-order valence-electron chi connectivity index (χ3n) is 5.14. The molecule has 0 saturated carbocycles. The van der Waals surface area contributed by atoms with Crippen LogP contribution in [0.5, 0.6) is 0 Å². The van der Waals surface area contributed by atoms with Crippen LogP contribution >= 0.6 is 0 Å². The van der Waals surface area contributed by atoms with Crippen molar-refractivity contribution in [2.75, 3.05) is 4.90 Å². The van der Waals surface area contributed by atoms with Crippen molar-refractivity contribution in [2.45, 2.75) is 51.5 Å². The largest absolute Gasteiger partial charge is 0.425 e. The molecule has 29 heavy (non-hydrogen) atoms. The van der Waals surface area contributed by atoms with E-state index in [4.69, 9.17) is 0 Å². The van der Waals surface area contributed by atoms with Crippen LogP contribution in [0.15, 0.2) is 35.5 Å². The molecular weight excluding hydrogens is 402 g/mol. The maximum absolute atomic E-state index is 13.8. The van der Waals surface area contributed by atoms with Gasteiger partial charge in [0.15, 0.2) is 5.78 Å². The van der Waals surface area contributed by atoms with Crippen LogP contribution in [0, 0.1) is 12.3 Å². The molecule has 4 nitrogen and oxygen atoms in total. The Morgan fingerprint density at radius 1 is 0.931 bits per heavy atom. The van der Waals surface area contributed by atoms with Gasteiger partial charge < -0.3 is 5.32 Å². The zero-order valence-electron chi connectivity index (χ0n) is 15.8. The van der Waals surface area contributed by atoms with Gasteiger partial charge in [0.2, 0.25) is 0 Å². The average molecular weight is 420 g/mol. The van der Waals surface area contributed by atoms with Crippen LogP contribution in [0.1, 0.15) is 32.3 Å². The highest BCUT2D eigenvalue weighted by molar-refractivity contribution is 6.08. The van der Waals surface area contributed by atoms with E-state index < -0.39 is 52.8 Å². The summed E-state index contributed by atoms with van der Waals surface area (Å²) in [6.45, 7) is 4.84.